The van der Waals surface area contributed by atoms with Crippen molar-refractivity contribution in [2.75, 3.05) is 11.0 Å². The van der Waals surface area contributed by atoms with E-state index in [9.17, 15) is 0 Å². The van der Waals surface area contributed by atoms with Crippen LogP contribution < -0.4 is 0 Å². The first-order chi connectivity index (χ1) is 6.22. The van der Waals surface area contributed by atoms with E-state index in [2.05, 4.69) is 36.4 Å². The molecule has 0 spiro atoms. The summed E-state index contributed by atoms with van der Waals surface area (Å²) in [4.78, 5) is 0. The molecule has 0 radical (unpaired) electrons. The minimum atomic E-state index is 0.230. The van der Waals surface area contributed by atoms with E-state index in [1.54, 1.807) is 0 Å². The largest absolute Gasteiger partial charge is 0.374 e. The van der Waals surface area contributed by atoms with Gasteiger partial charge in [-0.05, 0) is 25.2 Å². The molecule has 0 bridgehead atoms. The van der Waals surface area contributed by atoms with Gasteiger partial charge in [0, 0.05) is 11.0 Å². The standard InChI is InChI=1S/C11H21IO/c1-3-7-13-11(9-12)6-4-5-10(2)8-11/h10H,3-9H2,1-2H3. The summed E-state index contributed by atoms with van der Waals surface area (Å²) in [5.41, 5.74) is 0.230. The Labute approximate surface area is 95.8 Å². The van der Waals surface area contributed by atoms with E-state index < -0.39 is 0 Å². The van der Waals surface area contributed by atoms with Crippen molar-refractivity contribution in [3.63, 3.8) is 0 Å². The first-order valence-electron chi connectivity index (χ1n) is 5.42. The lowest BCUT2D eigenvalue weighted by molar-refractivity contribution is -0.0613. The fourth-order valence-electron chi connectivity index (χ4n) is 2.22. The summed E-state index contributed by atoms with van der Waals surface area (Å²) < 4.78 is 7.19. The smallest absolute Gasteiger partial charge is 0.0774 e. The van der Waals surface area contributed by atoms with Crippen LogP contribution in [0, 0.1) is 5.92 Å². The Morgan fingerprint density at radius 3 is 2.85 bits per heavy atom. The second kappa shape index (κ2) is 5.54. The zero-order valence-corrected chi connectivity index (χ0v) is 11.0. The van der Waals surface area contributed by atoms with Gasteiger partial charge in [0.25, 0.3) is 0 Å². The van der Waals surface area contributed by atoms with E-state index in [1.165, 1.54) is 25.7 Å². The van der Waals surface area contributed by atoms with E-state index in [1.807, 2.05) is 0 Å². The lowest BCUT2D eigenvalue weighted by Crippen LogP contribution is -2.39. The molecule has 1 rings (SSSR count). The highest BCUT2D eigenvalue weighted by Gasteiger charge is 2.34. The molecule has 78 valence electrons. The van der Waals surface area contributed by atoms with Gasteiger partial charge in [-0.2, -0.15) is 0 Å². The van der Waals surface area contributed by atoms with E-state index in [0.29, 0.717) is 0 Å². The van der Waals surface area contributed by atoms with E-state index in [-0.39, 0.29) is 5.60 Å². The molecule has 0 aliphatic heterocycles. The highest BCUT2D eigenvalue weighted by Crippen LogP contribution is 2.36. The van der Waals surface area contributed by atoms with Crippen LogP contribution in [0.1, 0.15) is 46.0 Å². The van der Waals surface area contributed by atoms with Crippen molar-refractivity contribution < 1.29 is 4.74 Å². The van der Waals surface area contributed by atoms with Gasteiger partial charge in [-0.15, -0.1) is 0 Å². The van der Waals surface area contributed by atoms with Crippen molar-refractivity contribution in [1.82, 2.24) is 0 Å². The maximum atomic E-state index is 6.03. The van der Waals surface area contributed by atoms with Crippen LogP contribution in [-0.4, -0.2) is 16.6 Å². The summed E-state index contributed by atoms with van der Waals surface area (Å²) in [6.07, 6.45) is 6.45. The topological polar surface area (TPSA) is 9.23 Å². The maximum absolute atomic E-state index is 6.03. The monoisotopic (exact) mass is 296 g/mol. The summed E-state index contributed by atoms with van der Waals surface area (Å²) in [5, 5.41) is 0. The minimum Gasteiger partial charge on any atom is -0.374 e. The van der Waals surface area contributed by atoms with E-state index in [0.717, 1.165) is 23.4 Å². The predicted octanol–water partition coefficient (Wildman–Crippen LogP) is 3.80. The second-order valence-corrected chi connectivity index (χ2v) is 5.13. The van der Waals surface area contributed by atoms with Gasteiger partial charge in [0.2, 0.25) is 0 Å². The van der Waals surface area contributed by atoms with Crippen molar-refractivity contribution in [2.45, 2.75) is 51.6 Å². The van der Waals surface area contributed by atoms with Gasteiger partial charge < -0.3 is 4.74 Å². The average Bonchev–Trinajstić information content (AvgIpc) is 2.15. The molecule has 1 saturated carbocycles. The van der Waals surface area contributed by atoms with Crippen molar-refractivity contribution >= 4 is 22.6 Å². The third-order valence-corrected chi connectivity index (χ3v) is 4.30. The zero-order chi connectivity index (χ0) is 9.73. The van der Waals surface area contributed by atoms with Crippen LogP contribution in [0.3, 0.4) is 0 Å². The van der Waals surface area contributed by atoms with E-state index in [4.69, 9.17) is 4.74 Å². The molecule has 1 fully saturated rings. The predicted molar refractivity (Wildman–Crippen MR) is 65.5 cm³/mol. The van der Waals surface area contributed by atoms with Crippen LogP contribution in [0.25, 0.3) is 0 Å². The number of hydrogen-bond acceptors (Lipinski definition) is 1. The number of alkyl halides is 1. The summed E-state index contributed by atoms with van der Waals surface area (Å²) in [6, 6.07) is 0. The number of hydrogen-bond donors (Lipinski definition) is 0. The van der Waals surface area contributed by atoms with E-state index >= 15 is 0 Å². The molecule has 1 nitrogen and oxygen atoms in total. The SMILES string of the molecule is CCCOC1(CI)CCCC(C)C1. The molecule has 0 saturated heterocycles. The Morgan fingerprint density at radius 2 is 2.31 bits per heavy atom. The maximum Gasteiger partial charge on any atom is 0.0774 e. The van der Waals surface area contributed by atoms with Crippen molar-refractivity contribution in [1.29, 1.82) is 0 Å². The molecule has 0 N–H and O–H groups in total. The molecule has 0 aromatic rings. The van der Waals surface area contributed by atoms with Gasteiger partial charge in [0.1, 0.15) is 0 Å². The normalized spacial score (nSPS) is 34.8. The summed E-state index contributed by atoms with van der Waals surface area (Å²) in [5.74, 6) is 0.861. The molecule has 0 aromatic carbocycles. The quantitative estimate of drug-likeness (QED) is 0.566. The van der Waals surface area contributed by atoms with Crippen molar-refractivity contribution in [3.05, 3.63) is 0 Å². The lowest BCUT2D eigenvalue weighted by atomic mass is 9.80. The molecule has 0 aromatic heterocycles. The number of ether oxygens (including phenoxy) is 1. The Morgan fingerprint density at radius 1 is 1.54 bits per heavy atom. The third kappa shape index (κ3) is 3.39. The fourth-order valence-corrected chi connectivity index (χ4v) is 3.13. The Balaban J connectivity index is 2.46. The van der Waals surface area contributed by atoms with Gasteiger partial charge in [0.05, 0.1) is 5.60 Å². The molecular weight excluding hydrogens is 275 g/mol. The van der Waals surface area contributed by atoms with Crippen LogP contribution in [0.15, 0.2) is 0 Å². The molecule has 13 heavy (non-hydrogen) atoms. The lowest BCUT2D eigenvalue weighted by Gasteiger charge is -2.38. The van der Waals surface area contributed by atoms with Crippen LogP contribution >= 0.6 is 22.6 Å². The molecule has 2 heteroatoms. The van der Waals surface area contributed by atoms with Crippen molar-refractivity contribution in [2.24, 2.45) is 5.92 Å². The first-order valence-corrected chi connectivity index (χ1v) is 6.95. The summed E-state index contributed by atoms with van der Waals surface area (Å²) >= 11 is 2.48. The second-order valence-electron chi connectivity index (χ2n) is 4.37. The summed E-state index contributed by atoms with van der Waals surface area (Å²) in [7, 11) is 0. The highest BCUT2D eigenvalue weighted by atomic mass is 127. The first kappa shape index (κ1) is 11.8. The molecule has 0 amide bonds. The van der Waals surface area contributed by atoms with Gasteiger partial charge in [-0.1, -0.05) is 49.3 Å². The number of halogens is 1. The average molecular weight is 296 g/mol. The van der Waals surface area contributed by atoms with Crippen LogP contribution in [0.5, 0.6) is 0 Å². The van der Waals surface area contributed by atoms with Gasteiger partial charge in [-0.3, -0.25) is 0 Å². The Hall–Kier alpha value is 0.690. The van der Waals surface area contributed by atoms with Crippen LogP contribution in [0.2, 0.25) is 0 Å². The molecule has 1 aliphatic rings. The van der Waals surface area contributed by atoms with Crippen molar-refractivity contribution in [3.8, 4) is 0 Å². The third-order valence-electron chi connectivity index (χ3n) is 2.91. The number of rotatable bonds is 4. The van der Waals surface area contributed by atoms with Crippen LogP contribution in [-0.2, 0) is 4.74 Å². The summed E-state index contributed by atoms with van der Waals surface area (Å²) in [6.45, 7) is 5.48. The fraction of sp³-hybridized carbons (Fsp3) is 1.00. The molecule has 2 atom stereocenters. The molecule has 0 heterocycles. The molecule has 2 unspecified atom stereocenters. The van der Waals surface area contributed by atoms with Crippen LogP contribution in [0.4, 0.5) is 0 Å². The zero-order valence-electron chi connectivity index (χ0n) is 8.81. The minimum absolute atomic E-state index is 0.230. The van der Waals surface area contributed by atoms with Gasteiger partial charge >= 0.3 is 0 Å². The molecule has 1 aliphatic carbocycles. The highest BCUT2D eigenvalue weighted by molar-refractivity contribution is 14.1. The Bertz CT molecular complexity index is 149. The molecular formula is C11H21IO. The van der Waals surface area contributed by atoms with Gasteiger partial charge in [0.15, 0.2) is 0 Å². The van der Waals surface area contributed by atoms with Gasteiger partial charge in [-0.25, -0.2) is 0 Å². The Kier molecular flexibility index (Phi) is 5.01.